The van der Waals surface area contributed by atoms with Gasteiger partial charge >= 0.3 is 5.97 Å². The van der Waals surface area contributed by atoms with Crippen LogP contribution in [0.2, 0.25) is 0 Å². The Balaban J connectivity index is 2.88. The topological polar surface area (TPSA) is 79.4 Å². The van der Waals surface area contributed by atoms with Crippen LogP contribution in [0.4, 0.5) is 0 Å². The van der Waals surface area contributed by atoms with Gasteiger partial charge in [0.25, 0.3) is 0 Å². The fourth-order valence-electron chi connectivity index (χ4n) is 2.23. The van der Waals surface area contributed by atoms with Gasteiger partial charge in [0.15, 0.2) is 0 Å². The van der Waals surface area contributed by atoms with E-state index in [4.69, 9.17) is 4.74 Å². The molecule has 0 aliphatic heterocycles. The molecule has 2 aromatic rings. The summed E-state index contributed by atoms with van der Waals surface area (Å²) in [6, 6.07) is 4.91. The lowest BCUT2D eigenvalue weighted by Crippen LogP contribution is -2.11. The number of hydrogen-bond acceptors (Lipinski definition) is 3. The molecule has 100 valence electrons. The molecule has 0 atom stereocenters. The van der Waals surface area contributed by atoms with Crippen molar-refractivity contribution < 1.29 is 14.6 Å². The van der Waals surface area contributed by atoms with Crippen LogP contribution in [0.15, 0.2) is 23.0 Å². The summed E-state index contributed by atoms with van der Waals surface area (Å²) in [4.78, 5) is 25.6. The molecule has 5 heteroatoms. The molecule has 0 spiro atoms. The van der Waals surface area contributed by atoms with Crippen molar-refractivity contribution in [2.24, 2.45) is 0 Å². The Morgan fingerprint density at radius 3 is 2.74 bits per heavy atom. The van der Waals surface area contributed by atoms with Crippen LogP contribution in [0.1, 0.15) is 29.3 Å². The maximum atomic E-state index is 11.7. The first-order valence-corrected chi connectivity index (χ1v) is 6.04. The number of hydrogen-bond donors (Lipinski definition) is 2. The number of ether oxygens (including phenoxy) is 1. The summed E-state index contributed by atoms with van der Waals surface area (Å²) in [6.45, 7) is 2.01. The number of aryl methyl sites for hydroxylation is 1. The molecule has 2 rings (SSSR count). The van der Waals surface area contributed by atoms with E-state index in [2.05, 4.69) is 4.98 Å². The van der Waals surface area contributed by atoms with Crippen LogP contribution in [-0.2, 0) is 6.42 Å². The van der Waals surface area contributed by atoms with Gasteiger partial charge in [-0.1, -0.05) is 13.3 Å². The number of methoxy groups -OCH3 is 1. The number of aromatic amines is 1. The van der Waals surface area contributed by atoms with Crippen LogP contribution in [-0.4, -0.2) is 23.2 Å². The lowest BCUT2D eigenvalue weighted by molar-refractivity contribution is 0.0695. The smallest absolute Gasteiger partial charge is 0.341 e. The van der Waals surface area contributed by atoms with Crippen molar-refractivity contribution in [1.29, 1.82) is 0 Å². The quantitative estimate of drug-likeness (QED) is 0.884. The van der Waals surface area contributed by atoms with Crippen LogP contribution in [0.3, 0.4) is 0 Å². The van der Waals surface area contributed by atoms with E-state index in [9.17, 15) is 14.7 Å². The minimum Gasteiger partial charge on any atom is -0.496 e. The molecule has 0 aliphatic rings. The Hall–Kier alpha value is -2.30. The first kappa shape index (κ1) is 13.1. The van der Waals surface area contributed by atoms with E-state index < -0.39 is 5.97 Å². The second-order valence-electron chi connectivity index (χ2n) is 4.28. The molecule has 0 aliphatic carbocycles. The zero-order valence-electron chi connectivity index (χ0n) is 10.8. The average molecular weight is 261 g/mol. The molecule has 0 amide bonds. The van der Waals surface area contributed by atoms with Gasteiger partial charge in [-0.2, -0.15) is 0 Å². The van der Waals surface area contributed by atoms with E-state index >= 15 is 0 Å². The highest BCUT2D eigenvalue weighted by Crippen LogP contribution is 2.28. The van der Waals surface area contributed by atoms with E-state index in [1.165, 1.54) is 13.2 Å². The van der Waals surface area contributed by atoms with Crippen LogP contribution < -0.4 is 10.3 Å². The van der Waals surface area contributed by atoms with Crippen molar-refractivity contribution in [2.75, 3.05) is 7.11 Å². The second kappa shape index (κ2) is 5.14. The summed E-state index contributed by atoms with van der Waals surface area (Å²) >= 11 is 0. The van der Waals surface area contributed by atoms with Gasteiger partial charge in [-0.05, 0) is 24.1 Å². The van der Waals surface area contributed by atoms with E-state index in [1.54, 1.807) is 12.1 Å². The van der Waals surface area contributed by atoms with E-state index in [0.29, 0.717) is 5.52 Å². The zero-order chi connectivity index (χ0) is 14.0. The van der Waals surface area contributed by atoms with Crippen molar-refractivity contribution >= 4 is 16.9 Å². The van der Waals surface area contributed by atoms with Crippen LogP contribution in [0.25, 0.3) is 10.9 Å². The molecule has 0 unspecified atom stereocenters. The fourth-order valence-corrected chi connectivity index (χ4v) is 2.23. The van der Waals surface area contributed by atoms with Crippen molar-refractivity contribution in [3.05, 3.63) is 39.7 Å². The molecule has 0 saturated carbocycles. The summed E-state index contributed by atoms with van der Waals surface area (Å²) in [6.07, 6.45) is 1.61. The van der Waals surface area contributed by atoms with Gasteiger partial charge in [-0.15, -0.1) is 0 Å². The maximum Gasteiger partial charge on any atom is 0.341 e. The standard InChI is InChI=1S/C14H15NO4/c1-3-4-8-7-11(16)15-13-9(8)5-6-10(19-2)12(13)14(17)18/h5-7H,3-4H2,1-2H3,(H,15,16)(H,17,18). The molecular formula is C14H15NO4. The number of aromatic nitrogens is 1. The normalized spacial score (nSPS) is 10.6. The number of pyridine rings is 1. The number of H-pyrrole nitrogens is 1. The van der Waals surface area contributed by atoms with E-state index in [1.807, 2.05) is 6.92 Å². The van der Waals surface area contributed by atoms with Gasteiger partial charge in [0.05, 0.1) is 12.6 Å². The minimum absolute atomic E-state index is 0.00458. The van der Waals surface area contributed by atoms with Crippen LogP contribution >= 0.6 is 0 Å². The second-order valence-corrected chi connectivity index (χ2v) is 4.28. The largest absolute Gasteiger partial charge is 0.496 e. The minimum atomic E-state index is -1.12. The molecule has 1 heterocycles. The number of nitrogens with one attached hydrogen (secondary N) is 1. The zero-order valence-corrected chi connectivity index (χ0v) is 10.8. The van der Waals surface area contributed by atoms with E-state index in [-0.39, 0.29) is 16.9 Å². The van der Waals surface area contributed by atoms with Gasteiger partial charge < -0.3 is 14.8 Å². The molecule has 5 nitrogen and oxygen atoms in total. The average Bonchev–Trinajstić information content (AvgIpc) is 2.37. The highest BCUT2D eigenvalue weighted by Gasteiger charge is 2.17. The Kier molecular flexibility index (Phi) is 3.55. The lowest BCUT2D eigenvalue weighted by atomic mass is 10.0. The Morgan fingerprint density at radius 1 is 1.42 bits per heavy atom. The van der Waals surface area contributed by atoms with Crippen LogP contribution in [0, 0.1) is 0 Å². The molecule has 1 aromatic carbocycles. The third-order valence-corrected chi connectivity index (χ3v) is 3.02. The van der Waals surface area contributed by atoms with Gasteiger partial charge in [-0.25, -0.2) is 4.79 Å². The predicted molar refractivity (Wildman–Crippen MR) is 72.1 cm³/mol. The molecule has 0 bridgehead atoms. The summed E-state index contributed by atoms with van der Waals surface area (Å²) < 4.78 is 5.05. The van der Waals surface area contributed by atoms with Gasteiger partial charge in [-0.3, -0.25) is 4.79 Å². The summed E-state index contributed by atoms with van der Waals surface area (Å²) in [5.74, 6) is -0.879. The molecule has 2 N–H and O–H groups in total. The Bertz CT molecular complexity index is 688. The number of carboxylic acid groups (broad SMARTS) is 1. The molecule has 0 fully saturated rings. The van der Waals surface area contributed by atoms with Gasteiger partial charge in [0, 0.05) is 11.5 Å². The summed E-state index contributed by atoms with van der Waals surface area (Å²) in [5.41, 5.74) is 0.871. The fraction of sp³-hybridized carbons (Fsp3) is 0.286. The lowest BCUT2D eigenvalue weighted by Gasteiger charge is -2.11. The highest BCUT2D eigenvalue weighted by atomic mass is 16.5. The monoisotopic (exact) mass is 261 g/mol. The number of fused-ring (bicyclic) bond motifs is 1. The molecule has 1 aromatic heterocycles. The summed E-state index contributed by atoms with van der Waals surface area (Å²) in [5, 5.41) is 10.1. The van der Waals surface area contributed by atoms with Crippen molar-refractivity contribution in [3.8, 4) is 5.75 Å². The number of carbonyl (C=O) groups is 1. The third kappa shape index (κ3) is 2.31. The molecule has 0 saturated heterocycles. The van der Waals surface area contributed by atoms with Crippen LogP contribution in [0.5, 0.6) is 5.75 Å². The maximum absolute atomic E-state index is 11.7. The number of benzene rings is 1. The summed E-state index contributed by atoms with van der Waals surface area (Å²) in [7, 11) is 1.40. The van der Waals surface area contributed by atoms with Gasteiger partial charge in [0.2, 0.25) is 5.56 Å². The number of rotatable bonds is 4. The third-order valence-electron chi connectivity index (χ3n) is 3.02. The predicted octanol–water partition coefficient (Wildman–Crippen LogP) is 2.19. The van der Waals surface area contributed by atoms with E-state index in [0.717, 1.165) is 23.8 Å². The first-order chi connectivity index (χ1) is 9.08. The first-order valence-electron chi connectivity index (χ1n) is 6.04. The SMILES string of the molecule is CCCc1cc(=O)[nH]c2c(C(=O)O)c(OC)ccc12. The van der Waals surface area contributed by atoms with Crippen molar-refractivity contribution in [3.63, 3.8) is 0 Å². The molecule has 19 heavy (non-hydrogen) atoms. The Labute approximate surface area is 109 Å². The number of aromatic carboxylic acids is 1. The van der Waals surface area contributed by atoms with Gasteiger partial charge in [0.1, 0.15) is 11.3 Å². The number of carboxylic acids is 1. The molecule has 0 radical (unpaired) electrons. The molecular weight excluding hydrogens is 246 g/mol. The van der Waals surface area contributed by atoms with Crippen molar-refractivity contribution in [2.45, 2.75) is 19.8 Å². The Morgan fingerprint density at radius 2 is 2.16 bits per heavy atom. The van der Waals surface area contributed by atoms with Crippen molar-refractivity contribution in [1.82, 2.24) is 4.98 Å². The highest BCUT2D eigenvalue weighted by molar-refractivity contribution is 6.05.